The van der Waals surface area contributed by atoms with E-state index in [0.717, 1.165) is 25.3 Å². The molecule has 4 aromatic rings. The van der Waals surface area contributed by atoms with E-state index in [0.29, 0.717) is 21.8 Å². The highest BCUT2D eigenvalue weighted by Crippen LogP contribution is 2.39. The number of benzene rings is 2. The molecule has 0 spiro atoms. The predicted octanol–water partition coefficient (Wildman–Crippen LogP) is 1.98. The zero-order chi connectivity index (χ0) is 30.4. The van der Waals surface area contributed by atoms with Crippen LogP contribution in [-0.2, 0) is 28.3 Å². The first kappa shape index (κ1) is 29.9. The maximum atomic E-state index is 14.7. The molecule has 0 aliphatic carbocycles. The zero-order valence-corrected chi connectivity index (χ0v) is 21.4. The van der Waals surface area contributed by atoms with Crippen LogP contribution in [0.15, 0.2) is 42.6 Å². The van der Waals surface area contributed by atoms with Crippen LogP contribution in [0.3, 0.4) is 0 Å². The lowest BCUT2D eigenvalue weighted by molar-refractivity contribution is -0.378. The second-order valence-electron chi connectivity index (χ2n) is 8.46. The third-order valence-electron chi connectivity index (χ3n) is 5.75. The largest absolute Gasteiger partial charge is 0.416 e. The Morgan fingerprint density at radius 1 is 1.12 bits per heavy atom. The maximum absolute atomic E-state index is 14.7. The number of carbonyl (C=O) groups is 2. The third-order valence-corrected chi connectivity index (χ3v) is 6.72. The van der Waals surface area contributed by atoms with E-state index >= 15 is 0 Å². The molecule has 218 valence electrons. The lowest BCUT2D eigenvalue weighted by Gasteiger charge is -2.34. The Morgan fingerprint density at radius 3 is 2.37 bits per heavy atom. The van der Waals surface area contributed by atoms with Crippen molar-refractivity contribution in [2.24, 2.45) is 0 Å². The molecule has 0 fully saturated rings. The molecule has 0 radical (unpaired) electrons. The number of halogens is 4. The van der Waals surface area contributed by atoms with Crippen molar-refractivity contribution in [3.8, 4) is 0 Å². The fraction of sp³-hybridized carbons (Fsp3) is 0.182. The highest BCUT2D eigenvalue weighted by molar-refractivity contribution is 7.44. The van der Waals surface area contributed by atoms with Crippen LogP contribution in [0.1, 0.15) is 28.4 Å². The summed E-state index contributed by atoms with van der Waals surface area (Å²) in [5.41, 5.74) is 3.61. The van der Waals surface area contributed by atoms with Crippen LogP contribution < -0.4 is 5.73 Å². The number of nitrogens with zero attached hydrogens (tertiary/aromatic N) is 5. The number of amides is 2. The van der Waals surface area contributed by atoms with Gasteiger partial charge in [-0.2, -0.15) is 32.4 Å². The second kappa shape index (κ2) is 10.7. The molecule has 0 aliphatic rings. The fourth-order valence-electron chi connectivity index (χ4n) is 3.97. The van der Waals surface area contributed by atoms with Crippen molar-refractivity contribution in [1.29, 1.82) is 0 Å². The number of nitrogen functional groups attached to an aromatic ring is 1. The number of hydrogen-bond acceptors (Lipinski definition) is 11. The molecule has 0 bridgehead atoms. The Labute approximate surface area is 226 Å². The molecule has 14 nitrogen and oxygen atoms in total. The van der Waals surface area contributed by atoms with Crippen molar-refractivity contribution >= 4 is 48.0 Å². The number of nitrogens with two attached hydrogens (primary N) is 1. The molecule has 0 aliphatic heterocycles. The molecule has 1 atom stereocenters. The van der Waals surface area contributed by atoms with Gasteiger partial charge in [-0.25, -0.2) is 19.6 Å². The Morgan fingerprint density at radius 2 is 1.80 bits per heavy atom. The van der Waals surface area contributed by atoms with Crippen LogP contribution in [0.4, 0.5) is 23.4 Å². The number of hydrogen-bond donors (Lipinski definition) is 6. The van der Waals surface area contributed by atoms with E-state index in [9.17, 15) is 47.4 Å². The summed E-state index contributed by atoms with van der Waals surface area (Å²) in [5, 5.41) is 42.3. The Bertz CT molecular complexity index is 1660. The number of hydrazine groups is 1. The maximum Gasteiger partial charge on any atom is 0.416 e. The van der Waals surface area contributed by atoms with E-state index in [1.807, 2.05) is 0 Å². The predicted molar refractivity (Wildman–Crippen MR) is 131 cm³/mol. The van der Waals surface area contributed by atoms with Gasteiger partial charge in [0.15, 0.2) is 0 Å². The quantitative estimate of drug-likeness (QED) is 0.0618. The van der Waals surface area contributed by atoms with Crippen molar-refractivity contribution < 1.29 is 57.3 Å². The lowest BCUT2D eigenvalue weighted by atomic mass is 10.1. The summed E-state index contributed by atoms with van der Waals surface area (Å²) in [6.07, 6.45) is -7.33. The Kier molecular flexibility index (Phi) is 7.85. The molecule has 0 saturated heterocycles. The smallest absolute Gasteiger partial charge is 0.383 e. The normalized spacial score (nSPS) is 13.0. The highest BCUT2D eigenvalue weighted by Gasteiger charge is 2.35. The summed E-state index contributed by atoms with van der Waals surface area (Å²) >= 11 is 0. The first-order valence-electron chi connectivity index (χ1n) is 11.1. The van der Waals surface area contributed by atoms with Crippen LogP contribution in [0, 0.1) is 5.82 Å². The van der Waals surface area contributed by atoms with E-state index in [4.69, 9.17) is 11.0 Å². The average molecular weight is 602 g/mol. The van der Waals surface area contributed by atoms with Gasteiger partial charge in [0.05, 0.1) is 34.7 Å². The number of anilines is 1. The van der Waals surface area contributed by atoms with Crippen molar-refractivity contribution in [2.45, 2.75) is 25.7 Å². The van der Waals surface area contributed by atoms with Crippen LogP contribution >= 0.6 is 8.53 Å². The second-order valence-corrected chi connectivity index (χ2v) is 9.50. The molecular formula is C22H19F4N6O8P. The van der Waals surface area contributed by atoms with Gasteiger partial charge in [0.2, 0.25) is 5.91 Å². The number of pyridine rings is 1. The van der Waals surface area contributed by atoms with Crippen molar-refractivity contribution in [3.05, 3.63) is 65.1 Å². The zero-order valence-electron chi connectivity index (χ0n) is 20.5. The van der Waals surface area contributed by atoms with Crippen LogP contribution in [0.5, 0.6) is 0 Å². The molecule has 7 N–H and O–H groups in total. The summed E-state index contributed by atoms with van der Waals surface area (Å²) in [4.78, 5) is 40.3. The van der Waals surface area contributed by atoms with Crippen molar-refractivity contribution in [2.75, 3.05) is 5.73 Å². The standard InChI is InChI=1S/C22H19F4N6O8P/c1-10(33)32(41(39)40-38)30(9-12-2-4-13(7-16(12)23)21(24,25)26)20(34)11-3-5-17-14(6-11)18-15(19(27)29-17)8-28-31(18)22(35,36)37/h2-8,35-39H,9H2,1H3,(H2,27,29). The molecule has 0 saturated carbocycles. The molecule has 2 amide bonds. The van der Waals surface area contributed by atoms with E-state index < -0.39 is 56.1 Å². The Hall–Kier alpha value is -4.03. The highest BCUT2D eigenvalue weighted by atomic mass is 31.2. The van der Waals surface area contributed by atoms with Crippen molar-refractivity contribution in [3.63, 3.8) is 0 Å². The molecule has 2 aromatic carbocycles. The van der Waals surface area contributed by atoms with E-state index in [1.54, 1.807) is 0 Å². The van der Waals surface area contributed by atoms with Gasteiger partial charge in [-0.3, -0.25) is 9.59 Å². The van der Waals surface area contributed by atoms with E-state index in [2.05, 4.69) is 14.8 Å². The number of aliphatic hydroxyl groups is 3. The van der Waals surface area contributed by atoms with Gasteiger partial charge in [0, 0.05) is 23.4 Å². The topological polar surface area (TPSA) is 208 Å². The number of rotatable bonds is 6. The van der Waals surface area contributed by atoms with Gasteiger partial charge in [-0.15, -0.1) is 0 Å². The van der Waals surface area contributed by atoms with E-state index in [1.165, 1.54) is 6.07 Å². The van der Waals surface area contributed by atoms with Gasteiger partial charge in [0.1, 0.15) is 11.6 Å². The minimum atomic E-state index is -4.87. The van der Waals surface area contributed by atoms with Gasteiger partial charge in [0.25, 0.3) is 5.91 Å². The summed E-state index contributed by atoms with van der Waals surface area (Å²) in [6.45, 7) is -0.0734. The summed E-state index contributed by atoms with van der Waals surface area (Å²) in [7, 11) is -3.25. The molecular weight excluding hydrogens is 583 g/mol. The minimum Gasteiger partial charge on any atom is -0.383 e. The number of carbonyl (C=O) groups excluding carboxylic acids is 2. The summed E-state index contributed by atoms with van der Waals surface area (Å²) < 4.78 is 58.2. The lowest BCUT2D eigenvalue weighted by Crippen LogP contribution is -2.45. The average Bonchev–Trinajstić information content (AvgIpc) is 3.35. The van der Waals surface area contributed by atoms with Gasteiger partial charge in [-0.1, -0.05) is 6.07 Å². The van der Waals surface area contributed by atoms with E-state index in [-0.39, 0.29) is 44.0 Å². The van der Waals surface area contributed by atoms with Crippen LogP contribution in [-0.4, -0.2) is 61.8 Å². The summed E-state index contributed by atoms with van der Waals surface area (Å²) in [6, 6.07) is 4.93. The molecule has 2 aromatic heterocycles. The number of alkyl halides is 3. The first-order valence-corrected chi connectivity index (χ1v) is 12.2. The van der Waals surface area contributed by atoms with Gasteiger partial charge >= 0.3 is 20.8 Å². The molecule has 4 rings (SSSR count). The van der Waals surface area contributed by atoms with Crippen LogP contribution in [0.25, 0.3) is 21.8 Å². The molecule has 1 unspecified atom stereocenters. The number of aromatic nitrogens is 3. The molecule has 41 heavy (non-hydrogen) atoms. The molecule has 19 heteroatoms. The third kappa shape index (κ3) is 5.75. The Balaban J connectivity index is 1.88. The SMILES string of the molecule is CC(=O)N(N(Cc1ccc(C(F)(F)F)cc1F)C(=O)c1ccc2nc(N)c3cnn(C(O)(O)O)c3c2c1)P(O)OO. The fourth-order valence-corrected chi connectivity index (χ4v) is 4.61. The van der Waals surface area contributed by atoms with Crippen LogP contribution in [0.2, 0.25) is 0 Å². The summed E-state index contributed by atoms with van der Waals surface area (Å²) in [5.74, 6) is -3.79. The van der Waals surface area contributed by atoms with Gasteiger partial charge in [-0.05, 0) is 30.3 Å². The monoisotopic (exact) mass is 602 g/mol. The number of fused-ring (bicyclic) bond motifs is 3. The van der Waals surface area contributed by atoms with Crippen molar-refractivity contribution in [1.82, 2.24) is 24.6 Å². The minimum absolute atomic E-state index is 0.0289. The first-order chi connectivity index (χ1) is 19.0. The van der Waals surface area contributed by atoms with Gasteiger partial charge < -0.3 is 25.9 Å². The molecule has 2 heterocycles.